The van der Waals surface area contributed by atoms with Gasteiger partial charge in [0.15, 0.2) is 0 Å². The first-order chi connectivity index (χ1) is 13.5. The second kappa shape index (κ2) is 6.86. The van der Waals surface area contributed by atoms with Crippen molar-refractivity contribution < 1.29 is 4.79 Å². The maximum absolute atomic E-state index is 12.2. The number of carbonyl (C=O) groups excluding carboxylic acids is 1. The summed E-state index contributed by atoms with van der Waals surface area (Å²) in [6.45, 7) is 8.92. The number of pyridine rings is 1. The number of hydrogen-bond acceptors (Lipinski definition) is 3. The largest absolute Gasteiger partial charge is 0.343 e. The van der Waals surface area contributed by atoms with Crippen molar-refractivity contribution in [1.82, 2.24) is 10.3 Å². The number of rotatable bonds is 4. The van der Waals surface area contributed by atoms with E-state index < -0.39 is 0 Å². The molecule has 0 spiro atoms. The average Bonchev–Trinajstić information content (AvgIpc) is 3.21. The first kappa shape index (κ1) is 18.4. The zero-order valence-electron chi connectivity index (χ0n) is 16.8. The number of carbonyl (C=O) groups is 1. The topological polar surface area (TPSA) is 54.4 Å². The summed E-state index contributed by atoms with van der Waals surface area (Å²) in [5, 5.41) is 3.06. The number of benzene rings is 1. The van der Waals surface area contributed by atoms with Gasteiger partial charge < -0.3 is 5.32 Å². The number of amides is 1. The molecule has 1 aliphatic heterocycles. The molecular formula is C24H25N3O. The van der Waals surface area contributed by atoms with Gasteiger partial charge in [0.05, 0.1) is 11.2 Å². The monoisotopic (exact) mass is 371 g/mol. The lowest BCUT2D eigenvalue weighted by atomic mass is 9.88. The van der Waals surface area contributed by atoms with Gasteiger partial charge in [0.1, 0.15) is 0 Å². The summed E-state index contributed by atoms with van der Waals surface area (Å²) in [6, 6.07) is 8.21. The summed E-state index contributed by atoms with van der Waals surface area (Å²) in [5.41, 5.74) is 8.29. The molecule has 1 aromatic heterocycles. The summed E-state index contributed by atoms with van der Waals surface area (Å²) in [7, 11) is 0. The van der Waals surface area contributed by atoms with E-state index in [1.165, 1.54) is 11.1 Å². The quantitative estimate of drug-likeness (QED) is 0.802. The number of aromatic nitrogens is 1. The smallest absolute Gasteiger partial charge is 0.252 e. The molecule has 1 N–H and O–H groups in total. The van der Waals surface area contributed by atoms with Crippen molar-refractivity contribution in [2.24, 2.45) is 4.99 Å². The molecule has 2 heterocycles. The second-order valence-corrected chi connectivity index (χ2v) is 7.71. The van der Waals surface area contributed by atoms with E-state index in [0.29, 0.717) is 0 Å². The summed E-state index contributed by atoms with van der Waals surface area (Å²) < 4.78 is 0. The van der Waals surface area contributed by atoms with Gasteiger partial charge in [-0.3, -0.25) is 14.8 Å². The van der Waals surface area contributed by atoms with Crippen LogP contribution in [0.5, 0.6) is 0 Å². The number of nitrogens with zero attached hydrogens (tertiary/aromatic N) is 2. The van der Waals surface area contributed by atoms with Crippen molar-refractivity contribution in [3.8, 4) is 0 Å². The molecule has 1 aromatic carbocycles. The number of nitrogens with one attached hydrogen (secondary N) is 1. The summed E-state index contributed by atoms with van der Waals surface area (Å²) >= 11 is 0. The van der Waals surface area contributed by atoms with E-state index in [2.05, 4.69) is 39.6 Å². The molecule has 28 heavy (non-hydrogen) atoms. The Labute approximate surface area is 166 Å². The van der Waals surface area contributed by atoms with Gasteiger partial charge in [-0.25, -0.2) is 0 Å². The average molecular weight is 371 g/mol. The Hall–Kier alpha value is -3.01. The number of fused-ring (bicyclic) bond motifs is 2. The molecule has 0 saturated carbocycles. The van der Waals surface area contributed by atoms with Crippen LogP contribution in [0.4, 0.5) is 0 Å². The molecular weight excluding hydrogens is 346 g/mol. The molecule has 1 amide bonds. The summed E-state index contributed by atoms with van der Waals surface area (Å²) in [6.07, 6.45) is 8.98. The first-order valence-electron chi connectivity index (χ1n) is 9.78. The highest BCUT2D eigenvalue weighted by molar-refractivity contribution is 6.12. The minimum atomic E-state index is -0.357. The van der Waals surface area contributed by atoms with E-state index in [1.54, 1.807) is 0 Å². The predicted octanol–water partition coefficient (Wildman–Crippen LogP) is 4.54. The molecule has 1 aliphatic carbocycles. The minimum Gasteiger partial charge on any atom is -0.343 e. The molecule has 0 atom stereocenters. The van der Waals surface area contributed by atoms with Crippen molar-refractivity contribution in [2.75, 3.05) is 6.54 Å². The van der Waals surface area contributed by atoms with Gasteiger partial charge in [0.2, 0.25) is 0 Å². The van der Waals surface area contributed by atoms with Gasteiger partial charge in [-0.15, -0.1) is 0 Å². The lowest BCUT2D eigenvalue weighted by Gasteiger charge is -2.20. The third-order valence-electron chi connectivity index (χ3n) is 5.51. The summed E-state index contributed by atoms with van der Waals surface area (Å²) in [5.74, 6) is 0.00156. The van der Waals surface area contributed by atoms with Crippen LogP contribution >= 0.6 is 0 Å². The maximum atomic E-state index is 12.2. The highest BCUT2D eigenvalue weighted by Crippen LogP contribution is 2.39. The van der Waals surface area contributed by atoms with Crippen LogP contribution in [0.15, 0.2) is 47.6 Å². The molecule has 2 aromatic rings. The van der Waals surface area contributed by atoms with Crippen LogP contribution in [0.1, 0.15) is 66.0 Å². The minimum absolute atomic E-state index is 0.00156. The van der Waals surface area contributed by atoms with Gasteiger partial charge in [-0.05, 0) is 73.7 Å². The van der Waals surface area contributed by atoms with E-state index in [4.69, 9.17) is 0 Å². The van der Waals surface area contributed by atoms with Crippen molar-refractivity contribution in [1.29, 1.82) is 0 Å². The molecule has 4 heteroatoms. The Morgan fingerprint density at radius 1 is 1.32 bits per heavy atom. The maximum Gasteiger partial charge on any atom is 0.252 e. The number of hydrogen-bond donors (Lipinski definition) is 1. The molecule has 0 radical (unpaired) electrons. The molecule has 2 aliphatic rings. The highest BCUT2D eigenvalue weighted by atomic mass is 16.2. The Balaban J connectivity index is 1.84. The molecule has 0 unspecified atom stereocenters. The Bertz CT molecular complexity index is 1060. The predicted molar refractivity (Wildman–Crippen MR) is 115 cm³/mol. The number of aliphatic imine (C=N–C) groups is 1. The van der Waals surface area contributed by atoms with Crippen molar-refractivity contribution in [2.45, 2.75) is 39.7 Å². The lowest BCUT2D eigenvalue weighted by Crippen LogP contribution is -2.32. The fourth-order valence-corrected chi connectivity index (χ4v) is 4.10. The SMILES string of the molecule is C/C=C(\C=NCC)c1ccnc2c1C(c1ccc3c(c1)C(C)(C)NC3=O)=CC2. The van der Waals surface area contributed by atoms with Crippen LogP contribution in [0, 0.1) is 0 Å². The Kier molecular flexibility index (Phi) is 4.50. The van der Waals surface area contributed by atoms with Crippen LogP contribution in [-0.4, -0.2) is 23.7 Å². The van der Waals surface area contributed by atoms with Gasteiger partial charge >= 0.3 is 0 Å². The fraction of sp³-hybridized carbons (Fsp3) is 0.292. The third-order valence-corrected chi connectivity index (χ3v) is 5.51. The fourth-order valence-electron chi connectivity index (χ4n) is 4.10. The zero-order valence-corrected chi connectivity index (χ0v) is 16.8. The first-order valence-corrected chi connectivity index (χ1v) is 9.78. The van der Waals surface area contributed by atoms with Crippen LogP contribution in [0.3, 0.4) is 0 Å². The van der Waals surface area contributed by atoms with Gasteiger partial charge in [0, 0.05) is 36.5 Å². The van der Waals surface area contributed by atoms with E-state index in [0.717, 1.165) is 46.5 Å². The van der Waals surface area contributed by atoms with E-state index >= 15 is 0 Å². The standard InChI is InChI=1S/C24H25N3O/c1-5-15(14-25-6-2)18-11-12-26-21-10-9-17(22(18)21)16-7-8-19-20(13-16)24(3,4)27-23(19)28/h5,7-9,11-14H,6,10H2,1-4H3,(H,27,28)/b15-5+,25-14?. The Morgan fingerprint density at radius 3 is 2.89 bits per heavy atom. The van der Waals surface area contributed by atoms with Gasteiger partial charge in [0.25, 0.3) is 5.91 Å². The zero-order chi connectivity index (χ0) is 19.9. The Morgan fingerprint density at radius 2 is 2.14 bits per heavy atom. The molecule has 4 nitrogen and oxygen atoms in total. The van der Waals surface area contributed by atoms with E-state index in [-0.39, 0.29) is 11.4 Å². The van der Waals surface area contributed by atoms with Crippen LogP contribution in [-0.2, 0) is 12.0 Å². The van der Waals surface area contributed by atoms with Crippen molar-refractivity contribution in [3.63, 3.8) is 0 Å². The van der Waals surface area contributed by atoms with Crippen molar-refractivity contribution >= 4 is 23.3 Å². The molecule has 142 valence electrons. The van der Waals surface area contributed by atoms with E-state index in [9.17, 15) is 4.79 Å². The lowest BCUT2D eigenvalue weighted by molar-refractivity contribution is 0.0940. The molecule has 0 bridgehead atoms. The highest BCUT2D eigenvalue weighted by Gasteiger charge is 2.35. The third kappa shape index (κ3) is 2.89. The second-order valence-electron chi connectivity index (χ2n) is 7.71. The molecule has 0 saturated heterocycles. The van der Waals surface area contributed by atoms with Crippen molar-refractivity contribution in [3.05, 3.63) is 76.1 Å². The molecule has 0 fully saturated rings. The van der Waals surface area contributed by atoms with Gasteiger partial charge in [-0.2, -0.15) is 0 Å². The summed E-state index contributed by atoms with van der Waals surface area (Å²) in [4.78, 5) is 21.3. The van der Waals surface area contributed by atoms with Crippen LogP contribution in [0.2, 0.25) is 0 Å². The number of allylic oxidation sites excluding steroid dienone is 3. The molecule has 4 rings (SSSR count). The van der Waals surface area contributed by atoms with Crippen LogP contribution < -0.4 is 5.32 Å². The normalized spacial score (nSPS) is 17.5. The van der Waals surface area contributed by atoms with Crippen LogP contribution in [0.25, 0.3) is 11.1 Å². The van der Waals surface area contributed by atoms with E-state index in [1.807, 2.05) is 52.2 Å². The van der Waals surface area contributed by atoms with Gasteiger partial charge in [-0.1, -0.05) is 18.2 Å².